The maximum atomic E-state index is 12.3. The second-order valence-electron chi connectivity index (χ2n) is 4.88. The summed E-state index contributed by atoms with van der Waals surface area (Å²) in [6.45, 7) is 0.711. The lowest BCUT2D eigenvalue weighted by Gasteiger charge is -2.20. The highest BCUT2D eigenvalue weighted by atomic mass is 19.3. The molecule has 0 saturated carbocycles. The van der Waals surface area contributed by atoms with Gasteiger partial charge in [-0.25, -0.2) is 4.79 Å². The molecular formula is C14H20F2N2O3. The van der Waals surface area contributed by atoms with Crippen LogP contribution in [0.15, 0.2) is 18.2 Å². The van der Waals surface area contributed by atoms with Crippen LogP contribution >= 0.6 is 0 Å². The Kier molecular flexibility index (Phi) is 6.36. The quantitative estimate of drug-likeness (QED) is 0.846. The molecule has 0 radical (unpaired) electrons. The number of benzene rings is 1. The highest BCUT2D eigenvalue weighted by Gasteiger charge is 2.13. The molecule has 0 saturated heterocycles. The zero-order chi connectivity index (χ0) is 16.0. The van der Waals surface area contributed by atoms with Gasteiger partial charge in [0.2, 0.25) is 0 Å². The fourth-order valence-electron chi connectivity index (χ4n) is 1.84. The topological polar surface area (TPSA) is 61.8 Å². The summed E-state index contributed by atoms with van der Waals surface area (Å²) in [6.07, 6.45) is -0.641. The number of aryl methyl sites for hydroxylation is 1. The Bertz CT molecular complexity index is 481. The molecule has 0 aliphatic heterocycles. The lowest BCUT2D eigenvalue weighted by molar-refractivity contribution is -0.0504. The molecule has 0 fully saturated rings. The minimum Gasteiger partial charge on any atom is -0.434 e. The minimum absolute atomic E-state index is 0.0362. The summed E-state index contributed by atoms with van der Waals surface area (Å²) in [6, 6.07) is 4.37. The van der Waals surface area contributed by atoms with Crippen molar-refractivity contribution in [2.45, 2.75) is 33.1 Å². The number of urea groups is 1. The Morgan fingerprint density at radius 3 is 2.71 bits per heavy atom. The number of amides is 2. The molecule has 7 heteroatoms. The second-order valence-corrected chi connectivity index (χ2v) is 4.88. The molecule has 1 aromatic rings. The van der Waals surface area contributed by atoms with Crippen molar-refractivity contribution in [3.8, 4) is 5.75 Å². The summed E-state index contributed by atoms with van der Waals surface area (Å²) in [5.41, 5.74) is 1.34. The van der Waals surface area contributed by atoms with Crippen LogP contribution in [0, 0.1) is 6.92 Å². The molecule has 1 rings (SSSR count). The van der Waals surface area contributed by atoms with Crippen molar-refractivity contribution in [1.29, 1.82) is 0 Å². The van der Waals surface area contributed by atoms with Gasteiger partial charge in [0.25, 0.3) is 0 Å². The van der Waals surface area contributed by atoms with Crippen LogP contribution in [0.5, 0.6) is 5.75 Å². The predicted molar refractivity (Wildman–Crippen MR) is 74.4 cm³/mol. The summed E-state index contributed by atoms with van der Waals surface area (Å²) < 4.78 is 29.1. The number of likely N-dealkylation sites (N-methyl/N-ethyl adjacent to an activating group) is 1. The van der Waals surface area contributed by atoms with E-state index >= 15 is 0 Å². The fraction of sp³-hybridized carbons (Fsp3) is 0.500. The van der Waals surface area contributed by atoms with Crippen molar-refractivity contribution < 1.29 is 23.4 Å². The molecule has 0 spiro atoms. The molecule has 5 nitrogen and oxygen atoms in total. The minimum atomic E-state index is -2.92. The monoisotopic (exact) mass is 302 g/mol. The molecular weight excluding hydrogens is 282 g/mol. The van der Waals surface area contributed by atoms with E-state index in [9.17, 15) is 18.7 Å². The van der Waals surface area contributed by atoms with Gasteiger partial charge in [0.15, 0.2) is 0 Å². The highest BCUT2D eigenvalue weighted by Crippen LogP contribution is 2.22. The zero-order valence-electron chi connectivity index (χ0n) is 12.3. The molecule has 118 valence electrons. The Morgan fingerprint density at radius 1 is 1.48 bits per heavy atom. The third-order valence-electron chi connectivity index (χ3n) is 2.75. The first-order valence-electron chi connectivity index (χ1n) is 6.51. The second kappa shape index (κ2) is 7.78. The van der Waals surface area contributed by atoms with Crippen LogP contribution in [0.4, 0.5) is 13.6 Å². The van der Waals surface area contributed by atoms with E-state index in [1.54, 1.807) is 19.1 Å². The van der Waals surface area contributed by atoms with Crippen molar-refractivity contribution in [2.24, 2.45) is 0 Å². The van der Waals surface area contributed by atoms with Gasteiger partial charge in [-0.05, 0) is 19.9 Å². The van der Waals surface area contributed by atoms with Crippen molar-refractivity contribution in [3.05, 3.63) is 29.3 Å². The fourth-order valence-corrected chi connectivity index (χ4v) is 1.84. The number of halogens is 2. The van der Waals surface area contributed by atoms with Gasteiger partial charge in [-0.2, -0.15) is 8.78 Å². The average Bonchev–Trinajstić information content (AvgIpc) is 2.37. The van der Waals surface area contributed by atoms with Crippen molar-refractivity contribution >= 4 is 6.03 Å². The summed E-state index contributed by atoms with van der Waals surface area (Å²) in [5.74, 6) is 0.0362. The predicted octanol–water partition coefficient (Wildman–Crippen LogP) is 2.12. The number of aliphatic hydroxyl groups is 1. The number of alkyl halides is 2. The SMILES string of the molecule is Cc1ccc(OC(F)F)c(CNC(=O)N(C)CC(C)O)c1. The van der Waals surface area contributed by atoms with E-state index in [0.29, 0.717) is 5.56 Å². The molecule has 2 amide bonds. The lowest BCUT2D eigenvalue weighted by Crippen LogP contribution is -2.40. The maximum Gasteiger partial charge on any atom is 0.387 e. The first-order chi connectivity index (χ1) is 9.79. The molecule has 1 aromatic carbocycles. The summed E-state index contributed by atoms with van der Waals surface area (Å²) in [5, 5.41) is 11.8. The van der Waals surface area contributed by atoms with Crippen LogP contribution in [-0.2, 0) is 6.54 Å². The van der Waals surface area contributed by atoms with Gasteiger partial charge in [0.1, 0.15) is 5.75 Å². The summed E-state index contributed by atoms with van der Waals surface area (Å²) >= 11 is 0. The highest BCUT2D eigenvalue weighted by molar-refractivity contribution is 5.74. The third-order valence-corrected chi connectivity index (χ3v) is 2.75. The third kappa shape index (κ3) is 5.95. The summed E-state index contributed by atoms with van der Waals surface area (Å²) in [7, 11) is 1.54. The first-order valence-corrected chi connectivity index (χ1v) is 6.51. The molecule has 0 aliphatic carbocycles. The van der Waals surface area contributed by atoms with E-state index in [1.807, 2.05) is 6.92 Å². The van der Waals surface area contributed by atoms with Gasteiger partial charge < -0.3 is 20.1 Å². The molecule has 0 bridgehead atoms. The number of hydrogen-bond donors (Lipinski definition) is 2. The standard InChI is InChI=1S/C14H20F2N2O3/c1-9-4-5-12(21-13(15)16)11(6-9)7-17-14(20)18(3)8-10(2)19/h4-6,10,13,19H,7-8H2,1-3H3,(H,17,20). The van der Waals surface area contributed by atoms with E-state index in [0.717, 1.165) is 5.56 Å². The van der Waals surface area contributed by atoms with Crippen LogP contribution in [0.1, 0.15) is 18.1 Å². The molecule has 2 N–H and O–H groups in total. The Labute approximate surface area is 122 Å². The first kappa shape index (κ1) is 17.2. The zero-order valence-corrected chi connectivity index (χ0v) is 12.3. The molecule has 21 heavy (non-hydrogen) atoms. The smallest absolute Gasteiger partial charge is 0.387 e. The van der Waals surface area contributed by atoms with Gasteiger partial charge in [-0.3, -0.25) is 0 Å². The number of nitrogens with zero attached hydrogens (tertiary/aromatic N) is 1. The lowest BCUT2D eigenvalue weighted by atomic mass is 10.1. The molecule has 1 atom stereocenters. The van der Waals surface area contributed by atoms with Crippen molar-refractivity contribution in [3.63, 3.8) is 0 Å². The molecule has 0 aliphatic rings. The molecule has 0 heterocycles. The Balaban J connectivity index is 2.69. The van der Waals surface area contributed by atoms with Crippen LogP contribution < -0.4 is 10.1 Å². The van der Waals surface area contributed by atoms with Crippen molar-refractivity contribution in [1.82, 2.24) is 10.2 Å². The van der Waals surface area contributed by atoms with Gasteiger partial charge in [0, 0.05) is 25.7 Å². The van der Waals surface area contributed by atoms with E-state index in [1.165, 1.54) is 18.0 Å². The number of carbonyl (C=O) groups is 1. The van der Waals surface area contributed by atoms with E-state index in [2.05, 4.69) is 10.1 Å². The largest absolute Gasteiger partial charge is 0.434 e. The Hall–Kier alpha value is -1.89. The molecule has 0 aromatic heterocycles. The van der Waals surface area contributed by atoms with E-state index in [4.69, 9.17) is 0 Å². The van der Waals surface area contributed by atoms with Gasteiger partial charge in [-0.15, -0.1) is 0 Å². The average molecular weight is 302 g/mol. The van der Waals surface area contributed by atoms with E-state index < -0.39 is 18.7 Å². The maximum absolute atomic E-state index is 12.3. The number of rotatable bonds is 6. The Morgan fingerprint density at radius 2 is 2.14 bits per heavy atom. The summed E-state index contributed by atoms with van der Waals surface area (Å²) in [4.78, 5) is 13.1. The van der Waals surface area contributed by atoms with Crippen LogP contribution in [-0.4, -0.2) is 42.3 Å². The number of ether oxygens (including phenoxy) is 1. The van der Waals surface area contributed by atoms with Gasteiger partial charge in [0.05, 0.1) is 6.10 Å². The van der Waals surface area contributed by atoms with Gasteiger partial charge in [-0.1, -0.05) is 17.7 Å². The number of carbonyl (C=O) groups excluding carboxylic acids is 1. The normalized spacial score (nSPS) is 12.1. The van der Waals surface area contributed by atoms with Crippen LogP contribution in [0.25, 0.3) is 0 Å². The number of hydrogen-bond acceptors (Lipinski definition) is 3. The number of nitrogens with one attached hydrogen (secondary N) is 1. The van der Waals surface area contributed by atoms with Crippen LogP contribution in [0.2, 0.25) is 0 Å². The molecule has 1 unspecified atom stereocenters. The number of aliphatic hydroxyl groups excluding tert-OH is 1. The van der Waals surface area contributed by atoms with Crippen LogP contribution in [0.3, 0.4) is 0 Å². The van der Waals surface area contributed by atoms with Crippen molar-refractivity contribution in [2.75, 3.05) is 13.6 Å². The van der Waals surface area contributed by atoms with E-state index in [-0.39, 0.29) is 18.8 Å². The van der Waals surface area contributed by atoms with Gasteiger partial charge >= 0.3 is 12.6 Å².